The molecular weight excluding hydrogens is 619 g/mol. The SMILES string of the molecule is COC(=O)C1=C(C(=O)OC)SC2(S1)C(C(=O)OC)=C(C(=O)OC)SC1=C2c2ccccc2N(C(=O)[C@H]2CCCO2)C1(C)C. The molecule has 0 N–H and O–H groups in total. The van der Waals surface area contributed by atoms with Gasteiger partial charge in [0.15, 0.2) is 0 Å². The Balaban J connectivity index is 1.85. The molecule has 0 radical (unpaired) electrons. The number of carbonyl (C=O) groups is 5. The van der Waals surface area contributed by atoms with Crippen LogP contribution in [-0.2, 0) is 47.7 Å². The first kappa shape index (κ1) is 31.2. The van der Waals surface area contributed by atoms with Crippen LogP contribution in [0.4, 0.5) is 5.69 Å². The van der Waals surface area contributed by atoms with Gasteiger partial charge >= 0.3 is 23.9 Å². The van der Waals surface area contributed by atoms with Gasteiger partial charge in [-0.2, -0.15) is 0 Å². The van der Waals surface area contributed by atoms with Crippen molar-refractivity contribution in [3.05, 3.63) is 55.0 Å². The maximum atomic E-state index is 14.1. The number of hydrogen-bond acceptors (Lipinski definition) is 13. The Bertz CT molecular complexity index is 1510. The number of methoxy groups -OCH3 is 4. The zero-order valence-electron chi connectivity index (χ0n) is 24.3. The molecule has 5 rings (SSSR count). The van der Waals surface area contributed by atoms with Gasteiger partial charge in [-0.15, -0.1) is 0 Å². The van der Waals surface area contributed by atoms with Gasteiger partial charge in [0.05, 0.1) is 45.2 Å². The van der Waals surface area contributed by atoms with E-state index in [0.717, 1.165) is 41.7 Å². The van der Waals surface area contributed by atoms with Gasteiger partial charge in [-0.05, 0) is 32.8 Å². The minimum atomic E-state index is -1.61. The summed E-state index contributed by atoms with van der Waals surface area (Å²) in [6.07, 6.45) is 0.672. The van der Waals surface area contributed by atoms with Crippen LogP contribution in [-0.4, -0.2) is 80.6 Å². The third-order valence-electron chi connectivity index (χ3n) is 7.47. The highest BCUT2D eigenvalue weighted by Gasteiger charge is 2.62. The van der Waals surface area contributed by atoms with Crippen molar-refractivity contribution in [1.82, 2.24) is 0 Å². The molecule has 14 heteroatoms. The number of benzene rings is 1. The van der Waals surface area contributed by atoms with Crippen LogP contribution >= 0.6 is 35.3 Å². The topological polar surface area (TPSA) is 135 Å². The average molecular weight is 648 g/mol. The average Bonchev–Trinajstić information content (AvgIpc) is 3.69. The molecular formula is C29H29NO10S3. The second-order valence-electron chi connectivity index (χ2n) is 10.2. The van der Waals surface area contributed by atoms with Crippen molar-refractivity contribution < 1.29 is 47.7 Å². The normalized spacial score (nSPS) is 21.8. The van der Waals surface area contributed by atoms with Gasteiger partial charge in [0.1, 0.15) is 24.9 Å². The Labute approximate surface area is 260 Å². The van der Waals surface area contributed by atoms with Crippen LogP contribution in [0.2, 0.25) is 0 Å². The van der Waals surface area contributed by atoms with Gasteiger partial charge in [0, 0.05) is 22.6 Å². The quantitative estimate of drug-likeness (QED) is 0.339. The van der Waals surface area contributed by atoms with E-state index in [2.05, 4.69) is 0 Å². The van der Waals surface area contributed by atoms with E-state index >= 15 is 0 Å². The van der Waals surface area contributed by atoms with Crippen molar-refractivity contribution in [3.8, 4) is 0 Å². The van der Waals surface area contributed by atoms with E-state index in [0.29, 0.717) is 34.8 Å². The largest absolute Gasteiger partial charge is 0.466 e. The Morgan fingerprint density at radius 1 is 0.837 bits per heavy atom. The second-order valence-corrected chi connectivity index (χ2v) is 13.9. The lowest BCUT2D eigenvalue weighted by atomic mass is 9.83. The van der Waals surface area contributed by atoms with Crippen LogP contribution in [0.3, 0.4) is 0 Å². The number of hydrogen-bond donors (Lipinski definition) is 0. The second kappa shape index (κ2) is 11.7. The summed E-state index contributed by atoms with van der Waals surface area (Å²) < 4.78 is 24.5. The maximum absolute atomic E-state index is 14.1. The first-order valence-electron chi connectivity index (χ1n) is 13.2. The standard InChI is InChI=1S/C29H29NO10S3/c1-28(2)22-17(14-10-7-8-11-15(14)30(28)23(31)16-12-9-13-40-16)29(18(24(32)36-3)19(41-22)25(33)37-4)42-20(26(34)38-5)21(43-29)27(35)39-6/h7-8,10-11,16H,9,12-13H2,1-6H3/t16-/m1/s1. The van der Waals surface area contributed by atoms with Crippen LogP contribution in [0.25, 0.3) is 5.57 Å². The van der Waals surface area contributed by atoms with Crippen molar-refractivity contribution in [3.63, 3.8) is 0 Å². The summed E-state index contributed by atoms with van der Waals surface area (Å²) in [6, 6.07) is 7.17. The van der Waals surface area contributed by atoms with Gasteiger partial charge in [0.25, 0.3) is 5.91 Å². The first-order chi connectivity index (χ1) is 20.5. The highest BCUT2D eigenvalue weighted by atomic mass is 32.2. The van der Waals surface area contributed by atoms with Crippen molar-refractivity contribution in [1.29, 1.82) is 0 Å². The number of ether oxygens (including phenoxy) is 5. The van der Waals surface area contributed by atoms with E-state index in [9.17, 15) is 24.0 Å². The highest BCUT2D eigenvalue weighted by Crippen LogP contribution is 2.71. The lowest BCUT2D eigenvalue weighted by Crippen LogP contribution is -2.56. The van der Waals surface area contributed by atoms with Crippen LogP contribution in [0.1, 0.15) is 32.3 Å². The fourth-order valence-corrected chi connectivity index (χ4v) is 10.6. The molecule has 228 valence electrons. The number of rotatable bonds is 5. The maximum Gasteiger partial charge on any atom is 0.345 e. The number of para-hydroxylation sites is 1. The number of anilines is 1. The Morgan fingerprint density at radius 3 is 1.93 bits per heavy atom. The molecule has 0 saturated carbocycles. The molecule has 43 heavy (non-hydrogen) atoms. The van der Waals surface area contributed by atoms with Crippen molar-refractivity contribution in [2.45, 2.75) is 42.4 Å². The van der Waals surface area contributed by atoms with E-state index < -0.39 is 39.6 Å². The fourth-order valence-electron chi connectivity index (χ4n) is 5.58. The molecule has 0 unspecified atom stereocenters. The summed E-state index contributed by atoms with van der Waals surface area (Å²) >= 11 is 2.77. The number of fused-ring (bicyclic) bond motifs is 3. The summed E-state index contributed by atoms with van der Waals surface area (Å²) in [5.41, 5.74) is 0.427. The Kier molecular flexibility index (Phi) is 8.51. The van der Waals surface area contributed by atoms with Crippen molar-refractivity contribution >= 4 is 76.3 Å². The lowest BCUT2D eigenvalue weighted by Gasteiger charge is -2.51. The van der Waals surface area contributed by atoms with Crippen LogP contribution in [0.5, 0.6) is 0 Å². The number of thioether (sulfide) groups is 3. The van der Waals surface area contributed by atoms with Crippen molar-refractivity contribution in [2.75, 3.05) is 39.9 Å². The molecule has 0 aliphatic carbocycles. The Hall–Kier alpha value is -3.20. The molecule has 4 aliphatic rings. The number of amides is 1. The molecule has 0 bridgehead atoms. The fraction of sp³-hybridized carbons (Fsp3) is 0.414. The zero-order valence-corrected chi connectivity index (χ0v) is 26.7. The van der Waals surface area contributed by atoms with Crippen LogP contribution < -0.4 is 4.90 Å². The number of esters is 4. The minimum Gasteiger partial charge on any atom is -0.466 e. The van der Waals surface area contributed by atoms with Crippen LogP contribution in [0, 0.1) is 0 Å². The minimum absolute atomic E-state index is 0.0968. The third kappa shape index (κ3) is 4.78. The lowest BCUT2D eigenvalue weighted by molar-refractivity contribution is -0.138. The van der Waals surface area contributed by atoms with E-state index in [1.807, 2.05) is 13.8 Å². The molecule has 4 aliphatic heterocycles. The highest BCUT2D eigenvalue weighted by molar-refractivity contribution is 8.26. The molecule has 1 atom stereocenters. The van der Waals surface area contributed by atoms with Gasteiger partial charge in [-0.25, -0.2) is 19.2 Å². The predicted octanol–water partition coefficient (Wildman–Crippen LogP) is 3.78. The molecule has 1 amide bonds. The third-order valence-corrected chi connectivity index (χ3v) is 12.1. The Morgan fingerprint density at radius 2 is 1.40 bits per heavy atom. The molecule has 1 saturated heterocycles. The monoisotopic (exact) mass is 647 g/mol. The van der Waals surface area contributed by atoms with Gasteiger partial charge in [0.2, 0.25) is 0 Å². The number of nitrogens with zero attached hydrogens (tertiary/aromatic N) is 1. The van der Waals surface area contributed by atoms with Gasteiger partial charge in [-0.3, -0.25) is 9.69 Å². The number of carbonyl (C=O) groups excluding carboxylic acids is 5. The molecule has 0 aromatic heterocycles. The summed E-state index contributed by atoms with van der Waals surface area (Å²) in [6.45, 7) is 4.15. The van der Waals surface area contributed by atoms with Crippen molar-refractivity contribution in [2.24, 2.45) is 0 Å². The smallest absolute Gasteiger partial charge is 0.345 e. The first-order valence-corrected chi connectivity index (χ1v) is 15.6. The zero-order chi connectivity index (χ0) is 31.3. The van der Waals surface area contributed by atoms with E-state index in [-0.39, 0.29) is 26.2 Å². The molecule has 4 heterocycles. The van der Waals surface area contributed by atoms with E-state index in [4.69, 9.17) is 23.7 Å². The summed E-state index contributed by atoms with van der Waals surface area (Å²) in [5.74, 6) is -3.57. The molecule has 1 spiro atoms. The van der Waals surface area contributed by atoms with Crippen LogP contribution in [0.15, 0.2) is 49.5 Å². The molecule has 1 fully saturated rings. The van der Waals surface area contributed by atoms with Gasteiger partial charge in [-0.1, -0.05) is 53.5 Å². The predicted molar refractivity (Wildman–Crippen MR) is 162 cm³/mol. The summed E-state index contributed by atoms with van der Waals surface area (Å²) in [5, 5.41) is 0. The molecule has 11 nitrogen and oxygen atoms in total. The summed E-state index contributed by atoms with van der Waals surface area (Å²) in [7, 11) is 4.70. The van der Waals surface area contributed by atoms with E-state index in [1.165, 1.54) is 28.4 Å². The summed E-state index contributed by atoms with van der Waals surface area (Å²) in [4.78, 5) is 69.2. The van der Waals surface area contributed by atoms with Gasteiger partial charge < -0.3 is 23.7 Å². The van der Waals surface area contributed by atoms with E-state index in [1.54, 1.807) is 29.2 Å². The molecule has 1 aromatic rings. The molecule has 1 aromatic carbocycles.